The van der Waals surface area contributed by atoms with Crippen molar-refractivity contribution in [2.24, 2.45) is 5.73 Å². The van der Waals surface area contributed by atoms with E-state index in [0.29, 0.717) is 18.8 Å². The van der Waals surface area contributed by atoms with Gasteiger partial charge in [-0.1, -0.05) is 11.6 Å². The van der Waals surface area contributed by atoms with Crippen LogP contribution in [0.4, 0.5) is 24.7 Å². The minimum Gasteiger partial charge on any atom is -0.340 e. The van der Waals surface area contributed by atoms with Crippen LogP contribution in [-0.2, 0) is 11.0 Å². The van der Waals surface area contributed by atoms with Crippen LogP contribution in [0.2, 0.25) is 5.02 Å². The van der Waals surface area contributed by atoms with E-state index in [1.54, 1.807) is 17.9 Å². The van der Waals surface area contributed by atoms with Gasteiger partial charge in [-0.05, 0) is 25.1 Å². The van der Waals surface area contributed by atoms with Gasteiger partial charge in [0, 0.05) is 37.2 Å². The van der Waals surface area contributed by atoms with Crippen LogP contribution in [0, 0.1) is 0 Å². The minimum absolute atomic E-state index is 0.0479. The molecule has 0 aliphatic carbocycles. The maximum absolute atomic E-state index is 13.4. The molecule has 2 amide bonds. The second-order valence-electron chi connectivity index (χ2n) is 8.79. The average molecular weight is 548 g/mol. The number of halogens is 4. The number of carbonyl (C=O) groups is 2. The molecule has 1 atom stereocenters. The number of aromatic nitrogens is 5. The molecule has 0 bridgehead atoms. The topological polar surface area (TPSA) is 146 Å². The number of likely N-dealkylation sites (tertiary alicyclic amines) is 1. The number of benzene rings is 1. The monoisotopic (exact) mass is 547 g/mol. The molecular formula is C23H21ClF3N9O2. The van der Waals surface area contributed by atoms with E-state index >= 15 is 0 Å². The SMILES string of the molecule is CC(NC(=O)c1ccc(Nc2nccn3c(-c4cn[nH]c4C(F)(F)F)cnc23)cc1Cl)C(=O)N1CC(N)C1. The molecule has 1 unspecified atom stereocenters. The molecule has 1 aliphatic rings. The average Bonchev–Trinajstić information content (AvgIpc) is 3.49. The van der Waals surface area contributed by atoms with Crippen LogP contribution in [0.1, 0.15) is 23.0 Å². The zero-order valence-corrected chi connectivity index (χ0v) is 20.5. The number of anilines is 2. The Balaban J connectivity index is 1.34. The molecule has 1 aromatic carbocycles. The number of alkyl halides is 3. The highest BCUT2D eigenvalue weighted by Gasteiger charge is 2.37. The second-order valence-corrected chi connectivity index (χ2v) is 9.19. The summed E-state index contributed by atoms with van der Waals surface area (Å²) in [6.45, 7) is 2.48. The van der Waals surface area contributed by atoms with Crippen molar-refractivity contribution in [1.29, 1.82) is 0 Å². The summed E-state index contributed by atoms with van der Waals surface area (Å²) in [5.74, 6) is -0.507. The van der Waals surface area contributed by atoms with Crippen molar-refractivity contribution in [3.63, 3.8) is 0 Å². The van der Waals surface area contributed by atoms with Crippen LogP contribution >= 0.6 is 11.6 Å². The molecule has 5 N–H and O–H groups in total. The Morgan fingerprint density at radius 3 is 2.68 bits per heavy atom. The highest BCUT2D eigenvalue weighted by molar-refractivity contribution is 6.34. The summed E-state index contributed by atoms with van der Waals surface area (Å²) in [5, 5.41) is 11.3. The second kappa shape index (κ2) is 9.61. The van der Waals surface area contributed by atoms with Crippen molar-refractivity contribution in [2.45, 2.75) is 25.2 Å². The van der Waals surface area contributed by atoms with Crippen molar-refractivity contribution >= 4 is 40.6 Å². The Labute approximate surface area is 218 Å². The molecule has 4 heterocycles. The molecule has 38 heavy (non-hydrogen) atoms. The van der Waals surface area contributed by atoms with Gasteiger partial charge in [-0.3, -0.25) is 19.1 Å². The standard InChI is InChI=1S/C23H21ClF3N9O2/c1-11(22(38)35-9-12(28)10-35)32-21(37)14-3-2-13(6-16(14)24)33-19-20-30-8-17(36(20)5-4-29-19)15-7-31-34-18(15)23(25,26)27/h2-8,11-12H,9-10,28H2,1H3,(H,29,33)(H,31,34)(H,32,37). The molecule has 5 rings (SSSR count). The number of H-pyrrole nitrogens is 1. The van der Waals surface area contributed by atoms with Crippen molar-refractivity contribution in [3.8, 4) is 11.3 Å². The van der Waals surface area contributed by atoms with Gasteiger partial charge in [0.2, 0.25) is 5.91 Å². The van der Waals surface area contributed by atoms with E-state index in [9.17, 15) is 22.8 Å². The molecule has 198 valence electrons. The van der Waals surface area contributed by atoms with Crippen LogP contribution in [0.3, 0.4) is 0 Å². The maximum Gasteiger partial charge on any atom is 0.433 e. The third-order valence-electron chi connectivity index (χ3n) is 6.04. The van der Waals surface area contributed by atoms with Crippen molar-refractivity contribution in [2.75, 3.05) is 18.4 Å². The van der Waals surface area contributed by atoms with E-state index in [1.165, 1.54) is 35.1 Å². The summed E-state index contributed by atoms with van der Waals surface area (Å²) < 4.78 is 41.5. The summed E-state index contributed by atoms with van der Waals surface area (Å²) in [6, 6.07) is 3.75. The number of hydrogen-bond donors (Lipinski definition) is 4. The Morgan fingerprint density at radius 2 is 2.00 bits per heavy atom. The smallest absolute Gasteiger partial charge is 0.340 e. The summed E-state index contributed by atoms with van der Waals surface area (Å²) in [7, 11) is 0. The number of fused-ring (bicyclic) bond motifs is 1. The predicted octanol–water partition coefficient (Wildman–Crippen LogP) is 2.82. The lowest BCUT2D eigenvalue weighted by Crippen LogP contribution is -2.61. The number of nitrogens with one attached hydrogen (secondary N) is 3. The Kier molecular flexibility index (Phi) is 6.44. The molecule has 0 radical (unpaired) electrons. The van der Waals surface area contributed by atoms with Crippen molar-refractivity contribution in [3.05, 3.63) is 59.3 Å². The van der Waals surface area contributed by atoms with Gasteiger partial charge in [-0.2, -0.15) is 18.3 Å². The molecule has 0 saturated carbocycles. The molecule has 0 spiro atoms. The first kappa shape index (κ1) is 25.5. The number of rotatable bonds is 6. The fourth-order valence-corrected chi connectivity index (χ4v) is 4.39. The van der Waals surface area contributed by atoms with Gasteiger partial charge in [0.05, 0.1) is 34.2 Å². The largest absolute Gasteiger partial charge is 0.433 e. The molecule has 3 aromatic heterocycles. The zero-order chi connectivity index (χ0) is 27.2. The van der Waals surface area contributed by atoms with Crippen LogP contribution in [-0.4, -0.2) is 66.5 Å². The van der Waals surface area contributed by atoms with Gasteiger partial charge in [0.25, 0.3) is 5.91 Å². The number of imidazole rings is 1. The van der Waals surface area contributed by atoms with Crippen molar-refractivity contribution < 1.29 is 22.8 Å². The van der Waals surface area contributed by atoms with E-state index in [2.05, 4.69) is 25.7 Å². The molecule has 1 aliphatic heterocycles. The summed E-state index contributed by atoms with van der Waals surface area (Å²) in [5.41, 5.74) is 5.59. The lowest BCUT2D eigenvalue weighted by Gasteiger charge is -2.38. The zero-order valence-electron chi connectivity index (χ0n) is 19.8. The van der Waals surface area contributed by atoms with E-state index in [0.717, 1.165) is 6.20 Å². The fraction of sp³-hybridized carbons (Fsp3) is 0.261. The molecule has 1 saturated heterocycles. The van der Waals surface area contributed by atoms with Gasteiger partial charge in [0.1, 0.15) is 11.7 Å². The van der Waals surface area contributed by atoms with Gasteiger partial charge < -0.3 is 21.3 Å². The minimum atomic E-state index is -4.62. The summed E-state index contributed by atoms with van der Waals surface area (Å²) >= 11 is 6.35. The van der Waals surface area contributed by atoms with Gasteiger partial charge in [-0.15, -0.1) is 0 Å². The third kappa shape index (κ3) is 4.75. The molecule has 11 nitrogen and oxygen atoms in total. The van der Waals surface area contributed by atoms with E-state index in [-0.39, 0.29) is 45.3 Å². The molecule has 1 fully saturated rings. The molecule has 4 aromatic rings. The normalized spacial score (nSPS) is 14.8. The van der Waals surface area contributed by atoms with E-state index in [4.69, 9.17) is 17.3 Å². The van der Waals surface area contributed by atoms with Crippen LogP contribution in [0.5, 0.6) is 0 Å². The highest BCUT2D eigenvalue weighted by atomic mass is 35.5. The first-order valence-electron chi connectivity index (χ1n) is 11.4. The number of nitrogens with two attached hydrogens (primary N) is 1. The highest BCUT2D eigenvalue weighted by Crippen LogP contribution is 2.36. The Bertz CT molecular complexity index is 1530. The number of amides is 2. The summed E-state index contributed by atoms with van der Waals surface area (Å²) in [4.78, 5) is 35.1. The van der Waals surface area contributed by atoms with E-state index in [1.807, 2.05) is 5.10 Å². The predicted molar refractivity (Wildman–Crippen MR) is 132 cm³/mol. The number of hydrogen-bond acceptors (Lipinski definition) is 7. The quantitative estimate of drug-likeness (QED) is 0.290. The van der Waals surface area contributed by atoms with Gasteiger partial charge >= 0.3 is 6.18 Å². The maximum atomic E-state index is 13.4. The Hall–Kier alpha value is -4.17. The van der Waals surface area contributed by atoms with Crippen LogP contribution in [0.15, 0.2) is 43.0 Å². The fourth-order valence-electron chi connectivity index (χ4n) is 4.12. The van der Waals surface area contributed by atoms with Crippen molar-refractivity contribution in [1.82, 2.24) is 34.8 Å². The van der Waals surface area contributed by atoms with Gasteiger partial charge in [-0.25, -0.2) is 9.97 Å². The van der Waals surface area contributed by atoms with Gasteiger partial charge in [0.15, 0.2) is 11.5 Å². The number of carbonyl (C=O) groups excluding carboxylic acids is 2. The van der Waals surface area contributed by atoms with Crippen LogP contribution in [0.25, 0.3) is 16.9 Å². The number of nitrogens with zero attached hydrogens (tertiary/aromatic N) is 5. The lowest BCUT2D eigenvalue weighted by atomic mass is 10.1. The van der Waals surface area contributed by atoms with E-state index < -0.39 is 23.8 Å². The van der Waals surface area contributed by atoms with Crippen LogP contribution < -0.4 is 16.4 Å². The first-order chi connectivity index (χ1) is 18.0. The number of aromatic amines is 1. The molecule has 15 heteroatoms. The Morgan fingerprint density at radius 1 is 1.24 bits per heavy atom. The first-order valence-corrected chi connectivity index (χ1v) is 11.8. The summed E-state index contributed by atoms with van der Waals surface area (Å²) in [6.07, 6.45) is 0.630. The third-order valence-corrected chi connectivity index (χ3v) is 6.36. The molecular weight excluding hydrogens is 527 g/mol. The lowest BCUT2D eigenvalue weighted by molar-refractivity contribution is -0.140.